The average Bonchev–Trinajstić information content (AvgIpc) is 3.16. The van der Waals surface area contributed by atoms with E-state index in [1.807, 2.05) is 32.8 Å². The monoisotopic (exact) mass is 621 g/mol. The Labute approximate surface area is 255 Å². The van der Waals surface area contributed by atoms with E-state index in [1.54, 1.807) is 25.7 Å². The van der Waals surface area contributed by atoms with Crippen LogP contribution in [0.5, 0.6) is 11.5 Å². The number of hydrogen-bond donors (Lipinski definition) is 1. The van der Waals surface area contributed by atoms with Crippen LogP contribution in [-0.2, 0) is 4.74 Å². The summed E-state index contributed by atoms with van der Waals surface area (Å²) < 4.78 is 41.4. The van der Waals surface area contributed by atoms with Crippen molar-refractivity contribution in [3.05, 3.63) is 34.4 Å². The zero-order chi connectivity index (χ0) is 31.6. The number of likely N-dealkylation sites (N-methyl/N-ethyl adjacent to an activating group) is 1. The molecular formula is C30H38ClF2N5O5. The van der Waals surface area contributed by atoms with Crippen molar-refractivity contribution in [2.24, 2.45) is 0 Å². The van der Waals surface area contributed by atoms with E-state index in [0.29, 0.717) is 6.54 Å². The van der Waals surface area contributed by atoms with Gasteiger partial charge in [0, 0.05) is 37.8 Å². The van der Waals surface area contributed by atoms with E-state index >= 15 is 4.39 Å². The number of halogens is 3. The van der Waals surface area contributed by atoms with Crippen LogP contribution in [0.1, 0.15) is 51.4 Å². The molecule has 5 rings (SSSR count). The van der Waals surface area contributed by atoms with Crippen molar-refractivity contribution >= 4 is 29.4 Å². The van der Waals surface area contributed by atoms with E-state index in [4.69, 9.17) is 26.1 Å². The molecule has 1 N–H and O–H groups in total. The highest BCUT2D eigenvalue weighted by Gasteiger charge is 2.46. The summed E-state index contributed by atoms with van der Waals surface area (Å²) in [7, 11) is 3.93. The molecule has 4 heterocycles. The molecule has 2 atom stereocenters. The molecule has 13 heteroatoms. The number of anilines is 1. The molecule has 2 saturated heterocycles. The van der Waals surface area contributed by atoms with Crippen LogP contribution in [0.25, 0.3) is 11.3 Å². The molecule has 2 aromatic rings. The first kappa shape index (κ1) is 31.1. The number of carbonyl (C=O) groups is 2. The van der Waals surface area contributed by atoms with Crippen LogP contribution in [0.15, 0.2) is 12.1 Å². The number of carbonyl (C=O) groups excluding carboxylic acids is 2. The van der Waals surface area contributed by atoms with Crippen molar-refractivity contribution < 1.29 is 33.0 Å². The second-order valence-corrected chi connectivity index (χ2v) is 13.6. The number of aromatic nitrogens is 1. The number of phenolic OH excluding ortho intramolecular Hbond substituents is 1. The van der Waals surface area contributed by atoms with Crippen LogP contribution in [0, 0.1) is 11.6 Å². The number of pyridine rings is 1. The zero-order valence-electron chi connectivity index (χ0n) is 25.5. The van der Waals surface area contributed by atoms with Crippen molar-refractivity contribution in [1.29, 1.82) is 0 Å². The molecule has 1 aromatic heterocycles. The summed E-state index contributed by atoms with van der Waals surface area (Å²) in [6.45, 7) is 10.5. The highest BCUT2D eigenvalue weighted by molar-refractivity contribution is 6.35. The SMILES string of the molecule is CN(C)[C@@H]1CN(c2nc(-c3c(F)ccc(F)c3O)c(Cl)c3c2C(=O)N2CCN(C(=O)OC(C)(C)C)C[C@@H]2CO3)C(C)(C)C1. The molecule has 0 bridgehead atoms. The Morgan fingerprint density at radius 1 is 1.16 bits per heavy atom. The Balaban J connectivity index is 1.64. The zero-order valence-corrected chi connectivity index (χ0v) is 26.3. The topological polar surface area (TPSA) is 98.7 Å². The average molecular weight is 622 g/mol. The second-order valence-electron chi connectivity index (χ2n) is 13.2. The van der Waals surface area contributed by atoms with Crippen molar-refractivity contribution in [3.63, 3.8) is 0 Å². The lowest BCUT2D eigenvalue weighted by molar-refractivity contribution is 0.000952. The molecule has 3 aliphatic heterocycles. The number of ether oxygens (including phenoxy) is 2. The van der Waals surface area contributed by atoms with Crippen molar-refractivity contribution in [2.45, 2.75) is 64.3 Å². The normalized spacial score (nSPS) is 21.8. The lowest BCUT2D eigenvalue weighted by atomic mass is 9.99. The Morgan fingerprint density at radius 3 is 2.47 bits per heavy atom. The molecule has 0 saturated carbocycles. The van der Waals surface area contributed by atoms with Gasteiger partial charge in [0.2, 0.25) is 0 Å². The van der Waals surface area contributed by atoms with Gasteiger partial charge in [0.15, 0.2) is 17.3 Å². The van der Waals surface area contributed by atoms with Crippen LogP contribution in [-0.4, -0.2) is 107 Å². The molecule has 0 spiro atoms. The van der Waals surface area contributed by atoms with Crippen molar-refractivity contribution in [1.82, 2.24) is 19.7 Å². The third-order valence-corrected chi connectivity index (χ3v) is 8.62. The Morgan fingerprint density at radius 2 is 1.84 bits per heavy atom. The summed E-state index contributed by atoms with van der Waals surface area (Å²) in [5, 5.41) is 10.3. The Hall–Kier alpha value is -3.38. The maximum Gasteiger partial charge on any atom is 0.410 e. The van der Waals surface area contributed by atoms with Gasteiger partial charge in [-0.2, -0.15) is 0 Å². The summed E-state index contributed by atoms with van der Waals surface area (Å²) in [6.07, 6.45) is 0.245. The molecule has 10 nitrogen and oxygen atoms in total. The van der Waals surface area contributed by atoms with E-state index < -0.39 is 52.1 Å². The van der Waals surface area contributed by atoms with Gasteiger partial charge in [0.1, 0.15) is 40.1 Å². The van der Waals surface area contributed by atoms with Crippen molar-refractivity contribution in [2.75, 3.05) is 51.8 Å². The molecule has 0 unspecified atom stereocenters. The Bertz CT molecular complexity index is 1460. The highest BCUT2D eigenvalue weighted by atomic mass is 35.5. The second kappa shape index (κ2) is 11.0. The summed E-state index contributed by atoms with van der Waals surface area (Å²) in [4.78, 5) is 39.1. The van der Waals surface area contributed by atoms with Gasteiger partial charge in [-0.1, -0.05) is 11.6 Å². The standard InChI is InChI=1S/C30H38ClF2N5O5/c1-29(2,3)43-28(41)36-10-11-37-17(13-36)15-42-25-21(27(37)40)26(38-14-16(35(6)7)12-30(38,4)5)34-23(22(25)31)20-18(32)8-9-19(33)24(20)39/h8-9,16-17,39H,10-15H2,1-7H3/t16-,17+/m0/s1. The molecule has 0 radical (unpaired) electrons. The minimum Gasteiger partial charge on any atom is -0.504 e. The van der Waals surface area contributed by atoms with Gasteiger partial charge in [-0.05, 0) is 67.3 Å². The van der Waals surface area contributed by atoms with Crippen LogP contribution >= 0.6 is 11.6 Å². The van der Waals surface area contributed by atoms with Gasteiger partial charge >= 0.3 is 6.09 Å². The summed E-state index contributed by atoms with van der Waals surface area (Å²) in [6, 6.07) is 1.27. The van der Waals surface area contributed by atoms with Crippen LogP contribution < -0.4 is 9.64 Å². The number of hydrogen-bond acceptors (Lipinski definition) is 8. The van der Waals surface area contributed by atoms with Gasteiger partial charge in [-0.25, -0.2) is 18.6 Å². The molecule has 2 amide bonds. The molecule has 2 fully saturated rings. The maximum atomic E-state index is 15.2. The van der Waals surface area contributed by atoms with E-state index in [-0.39, 0.29) is 60.1 Å². The Kier molecular flexibility index (Phi) is 7.92. The van der Waals surface area contributed by atoms with Crippen molar-refractivity contribution in [3.8, 4) is 22.8 Å². The molecule has 234 valence electrons. The first-order valence-corrected chi connectivity index (χ1v) is 14.6. The quantitative estimate of drug-likeness (QED) is 0.524. The third kappa shape index (κ3) is 5.66. The summed E-state index contributed by atoms with van der Waals surface area (Å²) in [5.41, 5.74) is -1.84. The number of fused-ring (bicyclic) bond motifs is 2. The smallest absolute Gasteiger partial charge is 0.410 e. The molecular weight excluding hydrogens is 584 g/mol. The lowest BCUT2D eigenvalue weighted by Gasteiger charge is -2.40. The van der Waals surface area contributed by atoms with E-state index in [9.17, 15) is 19.1 Å². The third-order valence-electron chi connectivity index (χ3n) is 8.26. The number of piperazine rings is 1. The van der Waals surface area contributed by atoms with E-state index in [1.165, 1.54) is 4.90 Å². The van der Waals surface area contributed by atoms with Crippen LogP contribution in [0.4, 0.5) is 19.4 Å². The van der Waals surface area contributed by atoms with Gasteiger partial charge in [-0.3, -0.25) is 4.79 Å². The number of aromatic hydroxyl groups is 1. The fourth-order valence-electron chi connectivity index (χ4n) is 5.99. The van der Waals surface area contributed by atoms with E-state index in [2.05, 4.69) is 4.90 Å². The molecule has 3 aliphatic rings. The maximum absolute atomic E-state index is 15.2. The number of benzene rings is 1. The van der Waals surface area contributed by atoms with Crippen LogP contribution in [0.2, 0.25) is 5.02 Å². The number of nitrogens with zero attached hydrogens (tertiary/aromatic N) is 5. The van der Waals surface area contributed by atoms with Crippen LogP contribution in [0.3, 0.4) is 0 Å². The fourth-order valence-corrected chi connectivity index (χ4v) is 6.28. The highest BCUT2D eigenvalue weighted by Crippen LogP contribution is 2.48. The molecule has 1 aromatic carbocycles. The molecule has 43 heavy (non-hydrogen) atoms. The minimum atomic E-state index is -1.05. The van der Waals surface area contributed by atoms with Gasteiger partial charge in [-0.15, -0.1) is 0 Å². The number of amides is 2. The summed E-state index contributed by atoms with van der Waals surface area (Å²) in [5.74, 6) is -3.15. The van der Waals surface area contributed by atoms with E-state index in [0.717, 1.165) is 18.6 Å². The van der Waals surface area contributed by atoms with Gasteiger partial charge in [0.25, 0.3) is 5.91 Å². The largest absolute Gasteiger partial charge is 0.504 e. The number of phenols is 1. The summed E-state index contributed by atoms with van der Waals surface area (Å²) >= 11 is 6.80. The fraction of sp³-hybridized carbons (Fsp3) is 0.567. The predicted octanol–water partition coefficient (Wildman–Crippen LogP) is 4.76. The predicted molar refractivity (Wildman–Crippen MR) is 158 cm³/mol. The lowest BCUT2D eigenvalue weighted by Crippen LogP contribution is -2.58. The molecule has 0 aliphatic carbocycles. The first-order chi connectivity index (χ1) is 20.0. The van der Waals surface area contributed by atoms with Gasteiger partial charge in [0.05, 0.1) is 11.6 Å². The van der Waals surface area contributed by atoms with Gasteiger partial charge < -0.3 is 34.2 Å². The minimum absolute atomic E-state index is 0.0258. The first-order valence-electron chi connectivity index (χ1n) is 14.3. The number of rotatable bonds is 3.